The normalized spacial score (nSPS) is 9.90. The minimum atomic E-state index is 0.589. The van der Waals surface area contributed by atoms with E-state index in [1.165, 1.54) is 0 Å². The highest BCUT2D eigenvalue weighted by atomic mass is 32.1. The molecule has 0 amide bonds. The second kappa shape index (κ2) is 2.98. The zero-order valence-corrected chi connectivity index (χ0v) is 6.98. The van der Waals surface area contributed by atoms with Gasteiger partial charge in [0.25, 0.3) is 0 Å². The van der Waals surface area contributed by atoms with Gasteiger partial charge in [0, 0.05) is 31.7 Å². The number of anilines is 1. The molecule has 0 aromatic carbocycles. The highest BCUT2D eigenvalue weighted by Gasteiger charge is 2.00. The smallest absolute Gasteiger partial charge is 0.185 e. The van der Waals surface area contributed by atoms with Gasteiger partial charge in [-0.25, -0.2) is 4.98 Å². The van der Waals surface area contributed by atoms with Gasteiger partial charge in [0.2, 0.25) is 0 Å². The Kier molecular flexibility index (Phi) is 2.24. The van der Waals surface area contributed by atoms with Crippen LogP contribution in [0, 0.1) is 0 Å². The Morgan fingerprint density at radius 1 is 1.70 bits per heavy atom. The zero-order chi connectivity index (χ0) is 7.56. The summed E-state index contributed by atoms with van der Waals surface area (Å²) in [6.45, 7) is 0.589. The first-order valence-corrected chi connectivity index (χ1v) is 3.88. The number of nitrogens with zero attached hydrogens (tertiary/aromatic N) is 2. The van der Waals surface area contributed by atoms with E-state index >= 15 is 0 Å². The van der Waals surface area contributed by atoms with Crippen LogP contribution in [0.2, 0.25) is 0 Å². The Labute approximate surface area is 64.5 Å². The Morgan fingerprint density at radius 2 is 2.40 bits per heavy atom. The molecule has 2 N–H and O–H groups in total. The van der Waals surface area contributed by atoms with Crippen molar-refractivity contribution in [2.24, 2.45) is 5.73 Å². The van der Waals surface area contributed by atoms with Gasteiger partial charge in [-0.2, -0.15) is 0 Å². The summed E-state index contributed by atoms with van der Waals surface area (Å²) in [6, 6.07) is 0. The molecule has 10 heavy (non-hydrogen) atoms. The lowest BCUT2D eigenvalue weighted by Gasteiger charge is -2.04. The average molecular weight is 157 g/mol. The Balaban J connectivity index is 2.78. The summed E-state index contributed by atoms with van der Waals surface area (Å²) >= 11 is 1.63. The van der Waals surface area contributed by atoms with Crippen LogP contribution >= 0.6 is 11.3 Å². The van der Waals surface area contributed by atoms with Gasteiger partial charge in [0.1, 0.15) is 0 Å². The van der Waals surface area contributed by atoms with Gasteiger partial charge in [0.15, 0.2) is 5.13 Å². The highest BCUT2D eigenvalue weighted by molar-refractivity contribution is 7.15. The lowest BCUT2D eigenvalue weighted by Crippen LogP contribution is -2.07. The molecule has 0 saturated carbocycles. The van der Waals surface area contributed by atoms with Crippen molar-refractivity contribution in [3.05, 3.63) is 11.1 Å². The Hall–Kier alpha value is -0.610. The van der Waals surface area contributed by atoms with Crippen LogP contribution in [0.4, 0.5) is 5.13 Å². The molecule has 0 saturated heterocycles. The van der Waals surface area contributed by atoms with Crippen molar-refractivity contribution in [3.63, 3.8) is 0 Å². The molecule has 4 heteroatoms. The van der Waals surface area contributed by atoms with Crippen molar-refractivity contribution >= 4 is 16.5 Å². The molecule has 0 unspecified atom stereocenters. The van der Waals surface area contributed by atoms with E-state index in [1.54, 1.807) is 11.3 Å². The molecular formula is C6H11N3S. The summed E-state index contributed by atoms with van der Waals surface area (Å²) in [4.78, 5) is 7.26. The Bertz CT molecular complexity index is 207. The van der Waals surface area contributed by atoms with Crippen LogP contribution in [0.5, 0.6) is 0 Å². The van der Waals surface area contributed by atoms with Crippen LogP contribution in [0.3, 0.4) is 0 Å². The molecule has 0 radical (unpaired) electrons. The van der Waals surface area contributed by atoms with Crippen LogP contribution in [-0.2, 0) is 6.54 Å². The van der Waals surface area contributed by atoms with Crippen LogP contribution < -0.4 is 10.6 Å². The van der Waals surface area contributed by atoms with Crippen molar-refractivity contribution in [3.8, 4) is 0 Å². The number of rotatable bonds is 2. The molecule has 1 heterocycles. The molecule has 3 nitrogen and oxygen atoms in total. The number of nitrogens with two attached hydrogens (primary N) is 1. The molecule has 1 rings (SSSR count). The minimum absolute atomic E-state index is 0.589. The maximum absolute atomic E-state index is 5.42. The first kappa shape index (κ1) is 7.50. The fourth-order valence-corrected chi connectivity index (χ4v) is 1.31. The van der Waals surface area contributed by atoms with E-state index in [0.29, 0.717) is 6.54 Å². The van der Waals surface area contributed by atoms with Crippen LogP contribution in [0.25, 0.3) is 0 Å². The monoisotopic (exact) mass is 157 g/mol. The number of thiazole rings is 1. The Morgan fingerprint density at radius 3 is 2.70 bits per heavy atom. The van der Waals surface area contributed by atoms with E-state index in [0.717, 1.165) is 10.0 Å². The molecule has 1 aromatic heterocycles. The minimum Gasteiger partial charge on any atom is -0.354 e. The third-order valence-corrected chi connectivity index (χ3v) is 2.31. The summed E-state index contributed by atoms with van der Waals surface area (Å²) in [7, 11) is 3.94. The molecule has 0 bridgehead atoms. The molecule has 0 atom stereocenters. The molecular weight excluding hydrogens is 146 g/mol. The van der Waals surface area contributed by atoms with E-state index in [2.05, 4.69) is 4.98 Å². The standard InChI is InChI=1S/C6H11N3S/c1-9(2)6-8-4-5(3-7)10-6/h4H,3,7H2,1-2H3. The largest absolute Gasteiger partial charge is 0.354 e. The fraction of sp³-hybridized carbons (Fsp3) is 0.500. The predicted octanol–water partition coefficient (Wildman–Crippen LogP) is 0.668. The van der Waals surface area contributed by atoms with Crippen molar-refractivity contribution in [1.82, 2.24) is 4.98 Å². The van der Waals surface area contributed by atoms with Gasteiger partial charge in [-0.05, 0) is 0 Å². The highest BCUT2D eigenvalue weighted by Crippen LogP contribution is 2.19. The van der Waals surface area contributed by atoms with Gasteiger partial charge in [0.05, 0.1) is 0 Å². The SMILES string of the molecule is CN(C)c1ncc(CN)s1. The van der Waals surface area contributed by atoms with Gasteiger partial charge >= 0.3 is 0 Å². The van der Waals surface area contributed by atoms with Crippen molar-refractivity contribution in [1.29, 1.82) is 0 Å². The third kappa shape index (κ3) is 1.46. The van der Waals surface area contributed by atoms with Gasteiger partial charge in [-0.3, -0.25) is 0 Å². The van der Waals surface area contributed by atoms with E-state index in [1.807, 2.05) is 25.2 Å². The van der Waals surface area contributed by atoms with E-state index < -0.39 is 0 Å². The lowest BCUT2D eigenvalue weighted by molar-refractivity contribution is 1.08. The summed E-state index contributed by atoms with van der Waals surface area (Å²) in [5.41, 5.74) is 5.42. The lowest BCUT2D eigenvalue weighted by atomic mass is 10.6. The van der Waals surface area contributed by atoms with Crippen molar-refractivity contribution in [2.75, 3.05) is 19.0 Å². The van der Waals surface area contributed by atoms with Crippen molar-refractivity contribution < 1.29 is 0 Å². The maximum atomic E-state index is 5.42. The van der Waals surface area contributed by atoms with Gasteiger partial charge in [-0.1, -0.05) is 0 Å². The van der Waals surface area contributed by atoms with Crippen LogP contribution in [0.1, 0.15) is 4.88 Å². The topological polar surface area (TPSA) is 42.2 Å². The first-order chi connectivity index (χ1) is 4.74. The predicted molar refractivity (Wildman–Crippen MR) is 44.3 cm³/mol. The second-order valence-electron chi connectivity index (χ2n) is 2.21. The molecule has 0 spiro atoms. The fourth-order valence-electron chi connectivity index (χ4n) is 0.598. The molecule has 0 aliphatic rings. The number of hydrogen-bond donors (Lipinski definition) is 1. The van der Waals surface area contributed by atoms with Crippen LogP contribution in [-0.4, -0.2) is 19.1 Å². The summed E-state index contributed by atoms with van der Waals surface area (Å²) in [5, 5.41) is 1.01. The number of hydrogen-bond acceptors (Lipinski definition) is 4. The second-order valence-corrected chi connectivity index (χ2v) is 3.30. The summed E-state index contributed by atoms with van der Waals surface area (Å²) in [6.07, 6.45) is 1.82. The van der Waals surface area contributed by atoms with E-state index in [9.17, 15) is 0 Å². The zero-order valence-electron chi connectivity index (χ0n) is 6.16. The maximum Gasteiger partial charge on any atom is 0.185 e. The molecule has 0 fully saturated rings. The van der Waals surface area contributed by atoms with E-state index in [4.69, 9.17) is 5.73 Å². The van der Waals surface area contributed by atoms with Gasteiger partial charge in [-0.15, -0.1) is 11.3 Å². The average Bonchev–Trinajstić information content (AvgIpc) is 2.34. The molecule has 1 aromatic rings. The van der Waals surface area contributed by atoms with Crippen LogP contribution in [0.15, 0.2) is 6.20 Å². The quantitative estimate of drug-likeness (QED) is 0.686. The number of aromatic nitrogens is 1. The summed E-state index contributed by atoms with van der Waals surface area (Å²) in [5.74, 6) is 0. The van der Waals surface area contributed by atoms with Gasteiger partial charge < -0.3 is 10.6 Å². The van der Waals surface area contributed by atoms with Crippen molar-refractivity contribution in [2.45, 2.75) is 6.54 Å². The third-order valence-electron chi connectivity index (χ3n) is 1.13. The molecule has 0 aliphatic carbocycles. The van der Waals surface area contributed by atoms with E-state index in [-0.39, 0.29) is 0 Å². The molecule has 56 valence electrons. The molecule has 0 aliphatic heterocycles. The summed E-state index contributed by atoms with van der Waals surface area (Å²) < 4.78 is 0. The first-order valence-electron chi connectivity index (χ1n) is 3.06.